The highest BCUT2D eigenvalue weighted by molar-refractivity contribution is 5.84. The minimum absolute atomic E-state index is 0.00226. The zero-order valence-corrected chi connectivity index (χ0v) is 11.7. The summed E-state index contributed by atoms with van der Waals surface area (Å²) in [5.41, 5.74) is 9.92. The molecule has 0 aliphatic carbocycles. The molecular formula is C15H14N4O2. The maximum absolute atomic E-state index is 10.9. The predicted molar refractivity (Wildman–Crippen MR) is 82.0 cm³/mol. The van der Waals surface area contributed by atoms with Gasteiger partial charge in [0.25, 0.3) is 5.69 Å². The first-order chi connectivity index (χ1) is 9.97. The highest BCUT2D eigenvalue weighted by Crippen LogP contribution is 2.31. The van der Waals surface area contributed by atoms with E-state index in [4.69, 9.17) is 5.73 Å². The fourth-order valence-electron chi connectivity index (χ4n) is 2.40. The van der Waals surface area contributed by atoms with Crippen LogP contribution in [0.1, 0.15) is 5.56 Å². The lowest BCUT2D eigenvalue weighted by molar-refractivity contribution is -0.384. The lowest BCUT2D eigenvalue weighted by atomic mass is 10.1. The maximum atomic E-state index is 10.9. The van der Waals surface area contributed by atoms with E-state index in [1.807, 2.05) is 36.7 Å². The molecule has 2 aromatic carbocycles. The number of fused-ring (bicyclic) bond motifs is 1. The molecule has 3 rings (SSSR count). The van der Waals surface area contributed by atoms with Crippen molar-refractivity contribution in [3.05, 3.63) is 52.1 Å². The number of hydrogen-bond donors (Lipinski definition) is 1. The number of rotatable bonds is 2. The lowest BCUT2D eigenvalue weighted by Crippen LogP contribution is -1.98. The first-order valence-corrected chi connectivity index (χ1v) is 6.45. The third kappa shape index (κ3) is 2.10. The van der Waals surface area contributed by atoms with Gasteiger partial charge in [0, 0.05) is 30.4 Å². The van der Waals surface area contributed by atoms with Crippen molar-refractivity contribution in [2.45, 2.75) is 6.92 Å². The molecule has 0 unspecified atom stereocenters. The van der Waals surface area contributed by atoms with Gasteiger partial charge in [0.1, 0.15) is 5.82 Å². The molecule has 0 spiro atoms. The van der Waals surface area contributed by atoms with Gasteiger partial charge in [-0.1, -0.05) is 6.07 Å². The smallest absolute Gasteiger partial charge is 0.270 e. The molecule has 0 saturated carbocycles. The molecule has 0 saturated heterocycles. The van der Waals surface area contributed by atoms with Crippen LogP contribution in [0.25, 0.3) is 22.4 Å². The zero-order chi connectivity index (χ0) is 15.1. The number of aryl methyl sites for hydroxylation is 2. The number of nitrogens with two attached hydrogens (primary N) is 1. The van der Waals surface area contributed by atoms with E-state index in [9.17, 15) is 10.1 Å². The Hall–Kier alpha value is -2.89. The second kappa shape index (κ2) is 4.59. The van der Waals surface area contributed by atoms with Crippen molar-refractivity contribution in [1.82, 2.24) is 9.55 Å². The SMILES string of the molecule is Cc1ccc2c(c1)nc(-c1cc([N+](=O)[O-])ccc1N)n2C. The average molecular weight is 282 g/mol. The van der Waals surface area contributed by atoms with Crippen molar-refractivity contribution in [3.63, 3.8) is 0 Å². The van der Waals surface area contributed by atoms with Gasteiger partial charge in [-0.05, 0) is 30.7 Å². The summed E-state index contributed by atoms with van der Waals surface area (Å²) in [6.07, 6.45) is 0. The molecule has 106 valence electrons. The number of hydrogen-bond acceptors (Lipinski definition) is 4. The van der Waals surface area contributed by atoms with Crippen LogP contribution in [0.5, 0.6) is 0 Å². The lowest BCUT2D eigenvalue weighted by Gasteiger charge is -2.05. The van der Waals surface area contributed by atoms with Crippen molar-refractivity contribution in [2.75, 3.05) is 5.73 Å². The van der Waals surface area contributed by atoms with Gasteiger partial charge in [0.2, 0.25) is 0 Å². The summed E-state index contributed by atoms with van der Waals surface area (Å²) in [7, 11) is 1.87. The molecule has 0 radical (unpaired) electrons. The van der Waals surface area contributed by atoms with Crippen molar-refractivity contribution in [3.8, 4) is 11.4 Å². The third-order valence-electron chi connectivity index (χ3n) is 3.52. The highest BCUT2D eigenvalue weighted by Gasteiger charge is 2.16. The van der Waals surface area contributed by atoms with E-state index in [-0.39, 0.29) is 5.69 Å². The number of nitro benzene ring substituents is 1. The fourth-order valence-corrected chi connectivity index (χ4v) is 2.40. The molecule has 0 atom stereocenters. The van der Waals surface area contributed by atoms with Crippen LogP contribution in [-0.2, 0) is 7.05 Å². The number of anilines is 1. The summed E-state index contributed by atoms with van der Waals surface area (Å²) >= 11 is 0. The summed E-state index contributed by atoms with van der Waals surface area (Å²) < 4.78 is 1.89. The fraction of sp³-hybridized carbons (Fsp3) is 0.133. The van der Waals surface area contributed by atoms with Gasteiger partial charge in [-0.3, -0.25) is 10.1 Å². The van der Waals surface area contributed by atoms with Crippen molar-refractivity contribution in [1.29, 1.82) is 0 Å². The molecule has 3 aromatic rings. The van der Waals surface area contributed by atoms with Gasteiger partial charge in [-0.25, -0.2) is 4.98 Å². The van der Waals surface area contributed by atoms with Crippen molar-refractivity contribution < 1.29 is 4.92 Å². The minimum Gasteiger partial charge on any atom is -0.398 e. The molecule has 6 heteroatoms. The predicted octanol–water partition coefficient (Wildman–Crippen LogP) is 3.04. The second-order valence-corrected chi connectivity index (χ2v) is 5.02. The van der Waals surface area contributed by atoms with E-state index in [0.29, 0.717) is 17.1 Å². The van der Waals surface area contributed by atoms with Gasteiger partial charge >= 0.3 is 0 Å². The van der Waals surface area contributed by atoms with E-state index in [1.54, 1.807) is 0 Å². The van der Waals surface area contributed by atoms with E-state index < -0.39 is 4.92 Å². The van der Waals surface area contributed by atoms with Gasteiger partial charge in [-0.2, -0.15) is 0 Å². The quantitative estimate of drug-likeness (QED) is 0.444. The normalized spacial score (nSPS) is 11.0. The molecular weight excluding hydrogens is 268 g/mol. The molecule has 0 aliphatic heterocycles. The van der Waals surface area contributed by atoms with Crippen molar-refractivity contribution >= 4 is 22.4 Å². The Morgan fingerprint density at radius 2 is 2.00 bits per heavy atom. The Morgan fingerprint density at radius 1 is 1.24 bits per heavy atom. The van der Waals surface area contributed by atoms with E-state index in [1.165, 1.54) is 18.2 Å². The Kier molecular flexibility index (Phi) is 2.86. The summed E-state index contributed by atoms with van der Waals surface area (Å²) in [4.78, 5) is 15.1. The van der Waals surface area contributed by atoms with Crippen LogP contribution >= 0.6 is 0 Å². The summed E-state index contributed by atoms with van der Waals surface area (Å²) in [6.45, 7) is 2.00. The number of imidazole rings is 1. The number of nitro groups is 1. The standard InChI is InChI=1S/C15H14N4O2/c1-9-3-6-14-13(7-9)17-15(18(14)2)11-8-10(19(20)21)4-5-12(11)16/h3-8H,16H2,1-2H3. The van der Waals surface area contributed by atoms with Crippen LogP contribution in [0, 0.1) is 17.0 Å². The van der Waals surface area contributed by atoms with Gasteiger partial charge < -0.3 is 10.3 Å². The van der Waals surface area contributed by atoms with Gasteiger partial charge in [0.15, 0.2) is 0 Å². The molecule has 21 heavy (non-hydrogen) atoms. The van der Waals surface area contributed by atoms with E-state index >= 15 is 0 Å². The van der Waals surface area contributed by atoms with Crippen LogP contribution in [0.3, 0.4) is 0 Å². The number of nitrogens with zero attached hydrogens (tertiary/aromatic N) is 3. The summed E-state index contributed by atoms with van der Waals surface area (Å²) in [6, 6.07) is 10.4. The molecule has 0 aliphatic rings. The number of benzene rings is 2. The van der Waals surface area contributed by atoms with Crippen LogP contribution < -0.4 is 5.73 Å². The summed E-state index contributed by atoms with van der Waals surface area (Å²) in [5.74, 6) is 0.622. The molecule has 0 fully saturated rings. The molecule has 1 aromatic heterocycles. The molecule has 0 bridgehead atoms. The third-order valence-corrected chi connectivity index (χ3v) is 3.52. The average Bonchev–Trinajstić information content (AvgIpc) is 2.75. The molecule has 2 N–H and O–H groups in total. The topological polar surface area (TPSA) is 87.0 Å². The first-order valence-electron chi connectivity index (χ1n) is 6.45. The molecule has 6 nitrogen and oxygen atoms in total. The highest BCUT2D eigenvalue weighted by atomic mass is 16.6. The van der Waals surface area contributed by atoms with Gasteiger partial charge in [-0.15, -0.1) is 0 Å². The zero-order valence-electron chi connectivity index (χ0n) is 11.7. The largest absolute Gasteiger partial charge is 0.398 e. The number of aromatic nitrogens is 2. The number of nitrogen functional groups attached to an aromatic ring is 1. The minimum atomic E-state index is -0.435. The Balaban J connectivity index is 2.27. The maximum Gasteiger partial charge on any atom is 0.270 e. The second-order valence-electron chi connectivity index (χ2n) is 5.02. The van der Waals surface area contributed by atoms with Crippen LogP contribution in [-0.4, -0.2) is 14.5 Å². The monoisotopic (exact) mass is 282 g/mol. The van der Waals surface area contributed by atoms with E-state index in [2.05, 4.69) is 4.98 Å². The first kappa shape index (κ1) is 13.1. The molecule has 1 heterocycles. The Morgan fingerprint density at radius 3 is 2.71 bits per heavy atom. The summed E-state index contributed by atoms with van der Waals surface area (Å²) in [5, 5.41) is 10.9. The van der Waals surface area contributed by atoms with Crippen LogP contribution in [0.2, 0.25) is 0 Å². The van der Waals surface area contributed by atoms with Crippen molar-refractivity contribution in [2.24, 2.45) is 7.05 Å². The Bertz CT molecular complexity index is 867. The van der Waals surface area contributed by atoms with Crippen LogP contribution in [0.15, 0.2) is 36.4 Å². The van der Waals surface area contributed by atoms with Gasteiger partial charge in [0.05, 0.1) is 16.0 Å². The van der Waals surface area contributed by atoms with E-state index in [0.717, 1.165) is 16.6 Å². The number of non-ortho nitro benzene ring substituents is 1. The Labute approximate surface area is 121 Å². The van der Waals surface area contributed by atoms with Crippen LogP contribution in [0.4, 0.5) is 11.4 Å². The molecule has 0 amide bonds.